The van der Waals surface area contributed by atoms with E-state index in [0.29, 0.717) is 19.6 Å². The fourth-order valence-electron chi connectivity index (χ4n) is 2.55. The Kier molecular flexibility index (Phi) is 5.01. The Morgan fingerprint density at radius 1 is 1.14 bits per heavy atom. The minimum Gasteiger partial charge on any atom is -0.443 e. The monoisotopic (exact) mass is 317 g/mol. The van der Waals surface area contributed by atoms with Crippen LogP contribution in [0.2, 0.25) is 0 Å². The molecule has 2 aliphatic heterocycles. The number of nitrogens with zero attached hydrogens (tertiary/aromatic N) is 1. The number of amides is 1. The molecule has 7 heteroatoms. The number of rotatable bonds is 4. The van der Waals surface area contributed by atoms with Gasteiger partial charge >= 0.3 is 6.09 Å². The van der Waals surface area contributed by atoms with Crippen LogP contribution in [-0.2, 0) is 23.7 Å². The van der Waals surface area contributed by atoms with Crippen molar-refractivity contribution >= 4 is 6.09 Å². The van der Waals surface area contributed by atoms with Gasteiger partial charge in [0.1, 0.15) is 12.2 Å². The van der Waals surface area contributed by atoms with E-state index in [2.05, 4.69) is 0 Å². The van der Waals surface area contributed by atoms with E-state index in [1.54, 1.807) is 14.1 Å². The molecule has 0 aliphatic carbocycles. The highest BCUT2D eigenvalue weighted by Crippen LogP contribution is 2.31. The third-order valence-electron chi connectivity index (χ3n) is 3.62. The van der Waals surface area contributed by atoms with Gasteiger partial charge in [0.05, 0.1) is 19.3 Å². The lowest BCUT2D eigenvalue weighted by Gasteiger charge is -2.27. The second-order valence-electron chi connectivity index (χ2n) is 6.87. The normalized spacial score (nSPS) is 31.0. The molecule has 0 aromatic heterocycles. The molecular weight excluding hydrogens is 290 g/mol. The average Bonchev–Trinajstić information content (AvgIpc) is 2.90. The van der Waals surface area contributed by atoms with Gasteiger partial charge in [0.2, 0.25) is 0 Å². The van der Waals surface area contributed by atoms with Crippen LogP contribution in [-0.4, -0.2) is 68.2 Å². The first-order chi connectivity index (χ1) is 10.1. The van der Waals surface area contributed by atoms with Crippen molar-refractivity contribution in [3.8, 4) is 0 Å². The highest BCUT2D eigenvalue weighted by molar-refractivity contribution is 5.67. The maximum Gasteiger partial charge on any atom is 0.409 e. The molecule has 0 spiro atoms. The van der Waals surface area contributed by atoms with E-state index in [4.69, 9.17) is 23.7 Å². The summed E-state index contributed by atoms with van der Waals surface area (Å²) in [6.07, 6.45) is -0.795. The Hall–Kier alpha value is -0.890. The molecule has 2 rings (SSSR count). The van der Waals surface area contributed by atoms with Gasteiger partial charge in [-0.05, 0) is 27.7 Å². The molecule has 2 saturated heterocycles. The molecule has 0 aromatic carbocycles. The van der Waals surface area contributed by atoms with E-state index in [9.17, 15) is 4.79 Å². The molecule has 2 fully saturated rings. The van der Waals surface area contributed by atoms with Crippen molar-refractivity contribution in [3.05, 3.63) is 0 Å². The Morgan fingerprint density at radius 3 is 2.18 bits per heavy atom. The van der Waals surface area contributed by atoms with Crippen LogP contribution in [0.15, 0.2) is 0 Å². The van der Waals surface area contributed by atoms with Crippen LogP contribution in [0, 0.1) is 0 Å². The summed E-state index contributed by atoms with van der Waals surface area (Å²) in [5.74, 6) is -1.27. The van der Waals surface area contributed by atoms with Crippen LogP contribution in [0.3, 0.4) is 0 Å². The SMILES string of the molecule is CN(C)C(=O)O[C@@H](CC1COC(C)(C)O1)C1COC(C)(C)O1. The molecule has 0 N–H and O–H groups in total. The Morgan fingerprint density at radius 2 is 1.73 bits per heavy atom. The lowest BCUT2D eigenvalue weighted by molar-refractivity contribution is -0.160. The Labute approximate surface area is 131 Å². The van der Waals surface area contributed by atoms with Gasteiger partial charge in [-0.1, -0.05) is 0 Å². The smallest absolute Gasteiger partial charge is 0.409 e. The maximum atomic E-state index is 11.9. The first-order valence-electron chi connectivity index (χ1n) is 7.59. The molecular formula is C15H27NO6. The molecule has 1 amide bonds. The summed E-state index contributed by atoms with van der Waals surface area (Å²) in [6.45, 7) is 8.28. The van der Waals surface area contributed by atoms with E-state index in [1.165, 1.54) is 4.90 Å². The van der Waals surface area contributed by atoms with Crippen LogP contribution in [0.5, 0.6) is 0 Å². The summed E-state index contributed by atoms with van der Waals surface area (Å²) in [5.41, 5.74) is 0. The topological polar surface area (TPSA) is 66.5 Å². The molecule has 2 aliphatic rings. The first-order valence-corrected chi connectivity index (χ1v) is 7.59. The van der Waals surface area contributed by atoms with Crippen molar-refractivity contribution in [1.82, 2.24) is 4.90 Å². The summed E-state index contributed by atoms with van der Waals surface area (Å²) in [5, 5.41) is 0. The van der Waals surface area contributed by atoms with Crippen LogP contribution >= 0.6 is 0 Å². The Balaban J connectivity index is 2.00. The first kappa shape index (κ1) is 17.5. The van der Waals surface area contributed by atoms with E-state index >= 15 is 0 Å². The number of ether oxygens (including phenoxy) is 5. The molecule has 7 nitrogen and oxygen atoms in total. The fourth-order valence-corrected chi connectivity index (χ4v) is 2.55. The number of carbonyl (C=O) groups is 1. The van der Waals surface area contributed by atoms with E-state index in [1.807, 2.05) is 27.7 Å². The minimum absolute atomic E-state index is 0.137. The van der Waals surface area contributed by atoms with Gasteiger partial charge in [0, 0.05) is 20.5 Å². The second kappa shape index (κ2) is 6.31. The predicted molar refractivity (Wildman–Crippen MR) is 78.4 cm³/mol. The van der Waals surface area contributed by atoms with E-state index < -0.39 is 23.8 Å². The number of hydrogen-bond acceptors (Lipinski definition) is 6. The molecule has 2 unspecified atom stereocenters. The summed E-state index contributed by atoms with van der Waals surface area (Å²) in [7, 11) is 3.29. The van der Waals surface area contributed by atoms with Crippen LogP contribution in [0.1, 0.15) is 34.1 Å². The maximum absolute atomic E-state index is 11.9. The lowest BCUT2D eigenvalue weighted by Crippen LogP contribution is -2.40. The highest BCUT2D eigenvalue weighted by atomic mass is 16.8. The van der Waals surface area contributed by atoms with Crippen LogP contribution in [0.4, 0.5) is 4.79 Å². The summed E-state index contributed by atoms with van der Waals surface area (Å²) in [6, 6.07) is 0. The van der Waals surface area contributed by atoms with Gasteiger partial charge in [-0.3, -0.25) is 0 Å². The van der Waals surface area contributed by atoms with Crippen LogP contribution in [0.25, 0.3) is 0 Å². The van der Waals surface area contributed by atoms with Crippen LogP contribution < -0.4 is 0 Å². The number of hydrogen-bond donors (Lipinski definition) is 0. The number of carbonyl (C=O) groups excluding carboxylic acids is 1. The molecule has 22 heavy (non-hydrogen) atoms. The van der Waals surface area contributed by atoms with Crippen molar-refractivity contribution in [2.24, 2.45) is 0 Å². The largest absolute Gasteiger partial charge is 0.443 e. The van der Waals surface area contributed by atoms with Crippen molar-refractivity contribution in [2.45, 2.75) is 64.0 Å². The summed E-state index contributed by atoms with van der Waals surface area (Å²) >= 11 is 0. The van der Waals surface area contributed by atoms with Gasteiger partial charge < -0.3 is 28.6 Å². The van der Waals surface area contributed by atoms with E-state index in [0.717, 1.165) is 0 Å². The zero-order chi connectivity index (χ0) is 16.5. The molecule has 0 saturated carbocycles. The molecule has 0 aromatic rings. The summed E-state index contributed by atoms with van der Waals surface area (Å²) in [4.78, 5) is 13.3. The zero-order valence-corrected chi connectivity index (χ0v) is 14.3. The van der Waals surface area contributed by atoms with Gasteiger partial charge in [0.15, 0.2) is 11.6 Å². The summed E-state index contributed by atoms with van der Waals surface area (Å²) < 4.78 is 28.4. The predicted octanol–water partition coefficient (Wildman–Crippen LogP) is 1.75. The van der Waals surface area contributed by atoms with Crippen molar-refractivity contribution in [2.75, 3.05) is 27.3 Å². The van der Waals surface area contributed by atoms with Gasteiger partial charge in [0.25, 0.3) is 0 Å². The lowest BCUT2D eigenvalue weighted by atomic mass is 10.1. The molecule has 128 valence electrons. The molecule has 3 atom stereocenters. The van der Waals surface area contributed by atoms with Gasteiger partial charge in [-0.2, -0.15) is 0 Å². The minimum atomic E-state index is -0.667. The zero-order valence-electron chi connectivity index (χ0n) is 14.3. The van der Waals surface area contributed by atoms with Crippen molar-refractivity contribution in [1.29, 1.82) is 0 Å². The molecule has 2 heterocycles. The Bertz CT molecular complexity index is 409. The quantitative estimate of drug-likeness (QED) is 0.787. The van der Waals surface area contributed by atoms with Crippen molar-refractivity contribution in [3.63, 3.8) is 0 Å². The average molecular weight is 317 g/mol. The van der Waals surface area contributed by atoms with Gasteiger partial charge in [-0.25, -0.2) is 4.79 Å². The molecule has 0 radical (unpaired) electrons. The fraction of sp³-hybridized carbons (Fsp3) is 0.933. The second-order valence-corrected chi connectivity index (χ2v) is 6.87. The van der Waals surface area contributed by atoms with Gasteiger partial charge in [-0.15, -0.1) is 0 Å². The van der Waals surface area contributed by atoms with Crippen molar-refractivity contribution < 1.29 is 28.5 Å². The van der Waals surface area contributed by atoms with E-state index in [-0.39, 0.29) is 12.2 Å². The highest BCUT2D eigenvalue weighted by Gasteiger charge is 2.42. The molecule has 0 bridgehead atoms. The third-order valence-corrected chi connectivity index (χ3v) is 3.62. The standard InChI is InChI=1S/C15H27NO6/c1-14(2)18-8-10(21-14)7-11(20-13(17)16(5)6)12-9-19-15(3,4)22-12/h10-12H,7-9H2,1-6H3/t10?,11-,12?/m0/s1. The third kappa shape index (κ3) is 4.55.